The first-order chi connectivity index (χ1) is 8.74. The summed E-state index contributed by atoms with van der Waals surface area (Å²) in [5, 5.41) is 3.69. The predicted molar refractivity (Wildman–Crippen MR) is 76.1 cm³/mol. The molecule has 1 aromatic rings. The van der Waals surface area contributed by atoms with Crippen LogP contribution in [0.15, 0.2) is 18.2 Å². The van der Waals surface area contributed by atoms with E-state index < -0.39 is 0 Å². The lowest BCUT2D eigenvalue weighted by Crippen LogP contribution is -2.23. The van der Waals surface area contributed by atoms with Crippen LogP contribution in [0.4, 0.5) is 0 Å². The second-order valence-corrected chi connectivity index (χ2v) is 5.45. The molecule has 2 unspecified atom stereocenters. The highest BCUT2D eigenvalue weighted by atomic mass is 16.5. The zero-order chi connectivity index (χ0) is 13.0. The highest BCUT2D eigenvalue weighted by Crippen LogP contribution is 2.33. The molecule has 0 spiro atoms. The average molecular weight is 247 g/mol. The van der Waals surface area contributed by atoms with Crippen LogP contribution in [0.5, 0.6) is 5.75 Å². The standard InChI is InChI=1S/C16H25NO/c1-4-9-17-16-10-12(2)5-6-13-7-8-14(18-3)11-15(13)16/h7-8,11-12,16-17H,4-6,9-10H2,1-3H3. The molecule has 18 heavy (non-hydrogen) atoms. The average Bonchev–Trinajstić information content (AvgIpc) is 2.55. The Labute approximate surface area is 111 Å². The Morgan fingerprint density at radius 3 is 2.94 bits per heavy atom. The third-order valence-electron chi connectivity index (χ3n) is 3.91. The molecule has 0 saturated carbocycles. The summed E-state index contributed by atoms with van der Waals surface area (Å²) in [5.41, 5.74) is 2.95. The van der Waals surface area contributed by atoms with Crippen molar-refractivity contribution in [3.63, 3.8) is 0 Å². The van der Waals surface area contributed by atoms with Gasteiger partial charge in [-0.3, -0.25) is 0 Å². The zero-order valence-corrected chi connectivity index (χ0v) is 11.8. The molecule has 2 atom stereocenters. The van der Waals surface area contributed by atoms with Gasteiger partial charge >= 0.3 is 0 Å². The van der Waals surface area contributed by atoms with Crippen LogP contribution in [0, 0.1) is 5.92 Å². The van der Waals surface area contributed by atoms with Crippen molar-refractivity contribution in [1.82, 2.24) is 5.32 Å². The highest BCUT2D eigenvalue weighted by Gasteiger charge is 2.22. The molecule has 0 radical (unpaired) electrons. The van der Waals surface area contributed by atoms with E-state index in [-0.39, 0.29) is 0 Å². The summed E-state index contributed by atoms with van der Waals surface area (Å²) in [6.07, 6.45) is 4.92. The quantitative estimate of drug-likeness (QED) is 0.819. The van der Waals surface area contributed by atoms with Crippen LogP contribution in [0.1, 0.15) is 50.3 Å². The van der Waals surface area contributed by atoms with Gasteiger partial charge in [0.05, 0.1) is 7.11 Å². The minimum atomic E-state index is 0.493. The Morgan fingerprint density at radius 2 is 2.22 bits per heavy atom. The second kappa shape index (κ2) is 6.24. The molecule has 0 fully saturated rings. The topological polar surface area (TPSA) is 21.3 Å². The van der Waals surface area contributed by atoms with Gasteiger partial charge in [0.25, 0.3) is 0 Å². The van der Waals surface area contributed by atoms with Crippen LogP contribution in [0.2, 0.25) is 0 Å². The molecule has 1 aliphatic rings. The van der Waals surface area contributed by atoms with E-state index >= 15 is 0 Å². The lowest BCUT2D eigenvalue weighted by molar-refractivity contribution is 0.401. The highest BCUT2D eigenvalue weighted by molar-refractivity contribution is 5.38. The van der Waals surface area contributed by atoms with Gasteiger partial charge in [-0.15, -0.1) is 0 Å². The predicted octanol–water partition coefficient (Wildman–Crippen LogP) is 3.71. The van der Waals surface area contributed by atoms with Crippen LogP contribution in [0.3, 0.4) is 0 Å². The van der Waals surface area contributed by atoms with Gasteiger partial charge < -0.3 is 10.1 Å². The molecule has 0 bridgehead atoms. The van der Waals surface area contributed by atoms with E-state index in [9.17, 15) is 0 Å². The molecule has 1 aromatic carbocycles. The van der Waals surface area contributed by atoms with E-state index in [0.717, 1.165) is 18.2 Å². The van der Waals surface area contributed by atoms with Gasteiger partial charge in [0.1, 0.15) is 5.75 Å². The second-order valence-electron chi connectivity index (χ2n) is 5.45. The van der Waals surface area contributed by atoms with E-state index in [4.69, 9.17) is 4.74 Å². The molecule has 0 saturated heterocycles. The fourth-order valence-electron chi connectivity index (χ4n) is 2.81. The van der Waals surface area contributed by atoms with Crippen molar-refractivity contribution in [2.75, 3.05) is 13.7 Å². The van der Waals surface area contributed by atoms with E-state index in [1.165, 1.54) is 36.8 Å². The van der Waals surface area contributed by atoms with Gasteiger partial charge in [0.15, 0.2) is 0 Å². The molecule has 0 heterocycles. The number of nitrogens with one attached hydrogen (secondary N) is 1. The summed E-state index contributed by atoms with van der Waals surface area (Å²) in [6, 6.07) is 7.05. The smallest absolute Gasteiger partial charge is 0.119 e. The Bertz CT molecular complexity index is 389. The third kappa shape index (κ3) is 3.05. The summed E-state index contributed by atoms with van der Waals surface area (Å²) in [5.74, 6) is 1.77. The van der Waals surface area contributed by atoms with Crippen LogP contribution < -0.4 is 10.1 Å². The number of benzene rings is 1. The fraction of sp³-hybridized carbons (Fsp3) is 0.625. The maximum Gasteiger partial charge on any atom is 0.119 e. The van der Waals surface area contributed by atoms with Gasteiger partial charge in [-0.25, -0.2) is 0 Å². The lowest BCUT2D eigenvalue weighted by atomic mass is 9.96. The zero-order valence-electron chi connectivity index (χ0n) is 11.8. The molecular weight excluding hydrogens is 222 g/mol. The van der Waals surface area contributed by atoms with Crippen molar-refractivity contribution in [1.29, 1.82) is 0 Å². The Morgan fingerprint density at radius 1 is 1.39 bits per heavy atom. The number of aryl methyl sites for hydroxylation is 1. The lowest BCUT2D eigenvalue weighted by Gasteiger charge is -2.21. The molecule has 100 valence electrons. The fourth-order valence-corrected chi connectivity index (χ4v) is 2.81. The summed E-state index contributed by atoms with van der Waals surface area (Å²) >= 11 is 0. The molecule has 2 nitrogen and oxygen atoms in total. The van der Waals surface area contributed by atoms with Crippen LogP contribution >= 0.6 is 0 Å². The van der Waals surface area contributed by atoms with Crippen LogP contribution in [0.25, 0.3) is 0 Å². The molecule has 0 aromatic heterocycles. The number of methoxy groups -OCH3 is 1. The first-order valence-electron chi connectivity index (χ1n) is 7.14. The van der Waals surface area contributed by atoms with Crippen molar-refractivity contribution < 1.29 is 4.74 Å². The molecule has 0 amide bonds. The van der Waals surface area contributed by atoms with Gasteiger partial charge in [-0.05, 0) is 61.4 Å². The minimum Gasteiger partial charge on any atom is -0.497 e. The van der Waals surface area contributed by atoms with Crippen LogP contribution in [-0.2, 0) is 6.42 Å². The summed E-state index contributed by atoms with van der Waals surface area (Å²) in [6.45, 7) is 5.68. The molecule has 2 heteroatoms. The molecule has 2 rings (SSSR count). The van der Waals surface area contributed by atoms with Crippen molar-refractivity contribution in [3.8, 4) is 5.75 Å². The van der Waals surface area contributed by atoms with E-state index in [2.05, 4.69) is 37.4 Å². The maximum absolute atomic E-state index is 5.37. The van der Waals surface area contributed by atoms with Crippen molar-refractivity contribution >= 4 is 0 Å². The molecular formula is C16H25NO. The van der Waals surface area contributed by atoms with Gasteiger partial charge in [0.2, 0.25) is 0 Å². The van der Waals surface area contributed by atoms with Crippen molar-refractivity contribution in [2.45, 2.75) is 45.6 Å². The number of rotatable bonds is 4. The number of ether oxygens (including phenoxy) is 1. The van der Waals surface area contributed by atoms with Crippen molar-refractivity contribution in [3.05, 3.63) is 29.3 Å². The summed E-state index contributed by atoms with van der Waals surface area (Å²) in [4.78, 5) is 0. The largest absolute Gasteiger partial charge is 0.497 e. The number of hydrogen-bond donors (Lipinski definition) is 1. The van der Waals surface area contributed by atoms with Gasteiger partial charge in [-0.1, -0.05) is 19.9 Å². The number of fused-ring (bicyclic) bond motifs is 1. The maximum atomic E-state index is 5.37. The summed E-state index contributed by atoms with van der Waals surface area (Å²) < 4.78 is 5.37. The molecule has 1 aliphatic carbocycles. The SMILES string of the molecule is CCCNC1CC(C)CCc2ccc(OC)cc21. The Balaban J connectivity index is 2.28. The summed E-state index contributed by atoms with van der Waals surface area (Å²) in [7, 11) is 1.75. The van der Waals surface area contributed by atoms with E-state index in [1.54, 1.807) is 7.11 Å². The first-order valence-corrected chi connectivity index (χ1v) is 7.14. The Hall–Kier alpha value is -1.02. The first kappa shape index (κ1) is 13.4. The monoisotopic (exact) mass is 247 g/mol. The molecule has 1 N–H and O–H groups in total. The normalized spacial score (nSPS) is 23.3. The number of hydrogen-bond acceptors (Lipinski definition) is 2. The molecule has 0 aliphatic heterocycles. The van der Waals surface area contributed by atoms with Crippen molar-refractivity contribution in [2.24, 2.45) is 5.92 Å². The third-order valence-corrected chi connectivity index (χ3v) is 3.91. The Kier molecular flexibility index (Phi) is 4.65. The van der Waals surface area contributed by atoms with Gasteiger partial charge in [-0.2, -0.15) is 0 Å². The van der Waals surface area contributed by atoms with E-state index in [1.807, 2.05) is 0 Å². The van der Waals surface area contributed by atoms with Gasteiger partial charge in [0, 0.05) is 6.04 Å². The van der Waals surface area contributed by atoms with Crippen LogP contribution in [-0.4, -0.2) is 13.7 Å². The van der Waals surface area contributed by atoms with E-state index in [0.29, 0.717) is 6.04 Å². The minimum absolute atomic E-state index is 0.493.